The van der Waals surface area contributed by atoms with E-state index in [1.54, 1.807) is 42.5 Å². The van der Waals surface area contributed by atoms with Crippen LogP contribution in [0.2, 0.25) is 5.02 Å². The van der Waals surface area contributed by atoms with Crippen molar-refractivity contribution in [2.24, 2.45) is 0 Å². The summed E-state index contributed by atoms with van der Waals surface area (Å²) < 4.78 is 42.2. The van der Waals surface area contributed by atoms with Gasteiger partial charge in [-0.2, -0.15) is 4.31 Å². The lowest BCUT2D eigenvalue weighted by molar-refractivity contribution is -0.116. The molecule has 0 atom stereocenters. The summed E-state index contributed by atoms with van der Waals surface area (Å²) in [4.78, 5) is 12.7. The van der Waals surface area contributed by atoms with E-state index >= 15 is 0 Å². The Morgan fingerprint density at radius 3 is 2.42 bits per heavy atom. The van der Waals surface area contributed by atoms with Crippen molar-refractivity contribution in [3.05, 3.63) is 93.2 Å². The highest BCUT2D eigenvalue weighted by atomic mass is 79.9. The molecule has 0 aliphatic heterocycles. The Morgan fingerprint density at radius 1 is 1.10 bits per heavy atom. The molecule has 0 aromatic heterocycles. The fourth-order valence-corrected chi connectivity index (χ4v) is 4.75. The van der Waals surface area contributed by atoms with Crippen molar-refractivity contribution in [1.29, 1.82) is 0 Å². The molecule has 5 nitrogen and oxygen atoms in total. The zero-order valence-corrected chi connectivity index (χ0v) is 19.6. The third-order valence-corrected chi connectivity index (χ3v) is 7.16. The number of rotatable bonds is 7. The molecule has 1 amide bonds. The van der Waals surface area contributed by atoms with Crippen LogP contribution in [0.15, 0.2) is 76.1 Å². The number of aryl methyl sites for hydroxylation is 1. The van der Waals surface area contributed by atoms with Gasteiger partial charge >= 0.3 is 0 Å². The van der Waals surface area contributed by atoms with E-state index in [-0.39, 0.29) is 17.1 Å². The van der Waals surface area contributed by atoms with E-state index in [0.717, 1.165) is 9.87 Å². The van der Waals surface area contributed by atoms with E-state index in [4.69, 9.17) is 11.6 Å². The third kappa shape index (κ3) is 5.92. The normalized spacial score (nSPS) is 11.5. The Hall–Kier alpha value is -2.26. The van der Waals surface area contributed by atoms with Gasteiger partial charge in [-0.1, -0.05) is 63.4 Å². The Balaban J connectivity index is 1.90. The van der Waals surface area contributed by atoms with E-state index in [0.29, 0.717) is 15.1 Å². The maximum atomic E-state index is 14.1. The number of halogens is 3. The first kappa shape index (κ1) is 23.4. The molecule has 0 radical (unpaired) electrons. The quantitative estimate of drug-likeness (QED) is 0.450. The lowest BCUT2D eigenvalue weighted by Crippen LogP contribution is -2.37. The maximum Gasteiger partial charge on any atom is 0.243 e. The van der Waals surface area contributed by atoms with Crippen LogP contribution < -0.4 is 5.32 Å². The van der Waals surface area contributed by atoms with Gasteiger partial charge < -0.3 is 5.32 Å². The van der Waals surface area contributed by atoms with Gasteiger partial charge in [-0.25, -0.2) is 12.8 Å². The van der Waals surface area contributed by atoms with Crippen LogP contribution >= 0.6 is 27.5 Å². The lowest BCUT2D eigenvalue weighted by atomic mass is 10.2. The fraction of sp³-hybridized carbons (Fsp3) is 0.136. The zero-order chi connectivity index (χ0) is 22.6. The Morgan fingerprint density at radius 2 is 1.77 bits per heavy atom. The molecule has 0 bridgehead atoms. The molecule has 0 fully saturated rings. The Kier molecular flexibility index (Phi) is 7.48. The van der Waals surface area contributed by atoms with Gasteiger partial charge in [0.2, 0.25) is 15.9 Å². The van der Waals surface area contributed by atoms with E-state index in [2.05, 4.69) is 21.2 Å². The minimum atomic E-state index is -4.02. The summed E-state index contributed by atoms with van der Waals surface area (Å²) in [7, 11) is -4.02. The van der Waals surface area contributed by atoms with Crippen LogP contribution in [0.3, 0.4) is 0 Å². The second-order valence-electron chi connectivity index (χ2n) is 6.85. The van der Waals surface area contributed by atoms with Gasteiger partial charge in [-0.3, -0.25) is 4.79 Å². The molecule has 0 saturated heterocycles. The highest BCUT2D eigenvalue weighted by Gasteiger charge is 2.27. The van der Waals surface area contributed by atoms with Crippen molar-refractivity contribution < 1.29 is 17.6 Å². The predicted octanol–water partition coefficient (Wildman–Crippen LogP) is 5.38. The average molecular weight is 526 g/mol. The van der Waals surface area contributed by atoms with Crippen molar-refractivity contribution in [2.45, 2.75) is 18.4 Å². The van der Waals surface area contributed by atoms with Crippen molar-refractivity contribution >= 4 is 49.1 Å². The second kappa shape index (κ2) is 9.91. The number of anilines is 1. The average Bonchev–Trinajstić information content (AvgIpc) is 2.71. The molecule has 0 aliphatic carbocycles. The van der Waals surface area contributed by atoms with Crippen LogP contribution in [0.5, 0.6) is 0 Å². The molecular formula is C22H19BrClFN2O3S. The van der Waals surface area contributed by atoms with Gasteiger partial charge in [-0.15, -0.1) is 0 Å². The van der Waals surface area contributed by atoms with Crippen molar-refractivity contribution in [1.82, 2.24) is 4.31 Å². The number of sulfonamides is 1. The first-order chi connectivity index (χ1) is 14.7. The van der Waals surface area contributed by atoms with Crippen LogP contribution in [-0.4, -0.2) is 25.2 Å². The van der Waals surface area contributed by atoms with Crippen LogP contribution in [0.4, 0.5) is 10.1 Å². The van der Waals surface area contributed by atoms with Gasteiger partial charge in [0.05, 0.1) is 17.1 Å². The Bertz CT molecular complexity index is 1200. The largest absolute Gasteiger partial charge is 0.322 e. The molecule has 0 spiro atoms. The summed E-state index contributed by atoms with van der Waals surface area (Å²) >= 11 is 9.36. The van der Waals surface area contributed by atoms with Crippen molar-refractivity contribution in [3.8, 4) is 0 Å². The molecule has 9 heteroatoms. The molecule has 0 heterocycles. The number of amides is 1. The van der Waals surface area contributed by atoms with E-state index in [1.165, 1.54) is 24.3 Å². The number of carbonyl (C=O) groups excluding carboxylic acids is 1. The smallest absolute Gasteiger partial charge is 0.243 e. The van der Waals surface area contributed by atoms with Crippen LogP contribution in [-0.2, 0) is 21.4 Å². The molecule has 3 aromatic carbocycles. The highest BCUT2D eigenvalue weighted by molar-refractivity contribution is 9.10. The Labute approximate surface area is 194 Å². The number of benzene rings is 3. The van der Waals surface area contributed by atoms with Crippen LogP contribution in [0.1, 0.15) is 11.1 Å². The zero-order valence-electron chi connectivity index (χ0n) is 16.5. The van der Waals surface area contributed by atoms with Gasteiger partial charge in [-0.05, 0) is 48.9 Å². The number of nitrogens with zero attached hydrogens (tertiary/aromatic N) is 1. The van der Waals surface area contributed by atoms with E-state index in [1.807, 2.05) is 6.92 Å². The minimum absolute atomic E-state index is 0.0429. The monoisotopic (exact) mass is 524 g/mol. The summed E-state index contributed by atoms with van der Waals surface area (Å²) in [5.74, 6) is -1.31. The number of hydrogen-bond acceptors (Lipinski definition) is 3. The van der Waals surface area contributed by atoms with Gasteiger partial charge in [0.1, 0.15) is 5.82 Å². The first-order valence-electron chi connectivity index (χ1n) is 9.22. The van der Waals surface area contributed by atoms with E-state index < -0.39 is 28.3 Å². The summed E-state index contributed by atoms with van der Waals surface area (Å²) in [5.41, 5.74) is 1.40. The molecule has 3 aromatic rings. The molecule has 1 N–H and O–H groups in total. The minimum Gasteiger partial charge on any atom is -0.322 e. The maximum absolute atomic E-state index is 14.1. The molecule has 0 saturated carbocycles. The molecule has 0 unspecified atom stereocenters. The standard InChI is InChI=1S/C22H19BrClFN2O3S/c1-15-6-9-18(10-7-15)31(29,30)27(13-16-4-2-3-5-19(16)24)14-22(28)26-21-11-8-17(23)12-20(21)25/h2-12H,13-14H2,1H3,(H,26,28). The van der Waals surface area contributed by atoms with Gasteiger partial charge in [0.15, 0.2) is 0 Å². The second-order valence-corrected chi connectivity index (χ2v) is 10.1. The molecule has 31 heavy (non-hydrogen) atoms. The molecule has 162 valence electrons. The number of hydrogen-bond donors (Lipinski definition) is 1. The highest BCUT2D eigenvalue weighted by Crippen LogP contribution is 2.24. The van der Waals surface area contributed by atoms with Crippen molar-refractivity contribution in [3.63, 3.8) is 0 Å². The number of nitrogens with one attached hydrogen (secondary N) is 1. The summed E-state index contributed by atoms with van der Waals surface area (Å²) in [6, 6.07) is 17.3. The SMILES string of the molecule is Cc1ccc(S(=O)(=O)N(CC(=O)Nc2ccc(Br)cc2F)Cc2ccccc2Cl)cc1. The van der Waals surface area contributed by atoms with Crippen LogP contribution in [0.25, 0.3) is 0 Å². The number of carbonyl (C=O) groups is 1. The topological polar surface area (TPSA) is 66.5 Å². The van der Waals surface area contributed by atoms with E-state index in [9.17, 15) is 17.6 Å². The molecular weight excluding hydrogens is 507 g/mol. The summed E-state index contributed by atoms with van der Waals surface area (Å²) in [5, 5.41) is 2.81. The van der Waals surface area contributed by atoms with Gasteiger partial charge in [0, 0.05) is 16.0 Å². The van der Waals surface area contributed by atoms with Gasteiger partial charge in [0.25, 0.3) is 0 Å². The first-order valence-corrected chi connectivity index (χ1v) is 11.8. The van der Waals surface area contributed by atoms with Crippen molar-refractivity contribution in [2.75, 3.05) is 11.9 Å². The van der Waals surface area contributed by atoms with Crippen LogP contribution in [0, 0.1) is 12.7 Å². The lowest BCUT2D eigenvalue weighted by Gasteiger charge is -2.22. The molecule has 0 aliphatic rings. The third-order valence-electron chi connectivity index (χ3n) is 4.49. The summed E-state index contributed by atoms with van der Waals surface area (Å²) in [6.45, 7) is 1.21. The molecule has 3 rings (SSSR count). The summed E-state index contributed by atoms with van der Waals surface area (Å²) in [6.07, 6.45) is 0. The fourth-order valence-electron chi connectivity index (χ4n) is 2.84. The predicted molar refractivity (Wildman–Crippen MR) is 123 cm³/mol.